The fraction of sp³-hybridized carbons (Fsp3) is 0.158. The van der Waals surface area contributed by atoms with E-state index in [1.54, 1.807) is 0 Å². The molecule has 0 spiro atoms. The van der Waals surface area contributed by atoms with Gasteiger partial charge in [0.2, 0.25) is 0 Å². The van der Waals surface area contributed by atoms with Gasteiger partial charge in [-0.1, -0.05) is 48.5 Å². The average molecular weight is 309 g/mol. The number of nitrogens with zero attached hydrogens (tertiary/aromatic N) is 1. The highest BCUT2D eigenvalue weighted by atomic mass is 32.2. The van der Waals surface area contributed by atoms with Crippen molar-refractivity contribution in [2.45, 2.75) is 6.92 Å². The van der Waals surface area contributed by atoms with E-state index in [0.717, 1.165) is 33.7 Å². The molecule has 0 N–H and O–H groups in total. The molecule has 0 radical (unpaired) electrons. The molecule has 1 aromatic heterocycles. The van der Waals surface area contributed by atoms with Gasteiger partial charge in [-0.15, -0.1) is 11.2 Å². The second-order valence-electron chi connectivity index (χ2n) is 5.41. The lowest BCUT2D eigenvalue weighted by Crippen LogP contribution is -1.97. The molecule has 0 saturated carbocycles. The van der Waals surface area contributed by atoms with Gasteiger partial charge in [0, 0.05) is 16.5 Å². The molecule has 0 unspecified atom stereocenters. The van der Waals surface area contributed by atoms with Gasteiger partial charge in [0.1, 0.15) is 24.0 Å². The lowest BCUT2D eigenvalue weighted by molar-refractivity contribution is 0.431. The van der Waals surface area contributed by atoms with E-state index in [1.165, 1.54) is 0 Å². The Morgan fingerprint density at radius 3 is 2.55 bits per heavy atom. The molecular formula is C19H19NOS. The first-order chi connectivity index (χ1) is 10.6. The van der Waals surface area contributed by atoms with Crippen LogP contribution in [0.3, 0.4) is 0 Å². The van der Waals surface area contributed by atoms with Gasteiger partial charge >= 0.3 is 0 Å². The second-order valence-corrected chi connectivity index (χ2v) is 7.40. The Morgan fingerprint density at radius 2 is 1.77 bits per heavy atom. The van der Waals surface area contributed by atoms with Crippen molar-refractivity contribution in [1.29, 1.82) is 0 Å². The molecule has 3 rings (SSSR count). The summed E-state index contributed by atoms with van der Waals surface area (Å²) < 4.78 is 6.03. The number of hydrogen-bond donors (Lipinski definition) is 0. The minimum absolute atomic E-state index is 0.215. The molecular weight excluding hydrogens is 290 g/mol. The quantitative estimate of drug-likeness (QED) is 0.520. The van der Waals surface area contributed by atoms with Crippen LogP contribution < -0.4 is 9.72 Å². The summed E-state index contributed by atoms with van der Waals surface area (Å²) in [6, 6.07) is 18.3. The van der Waals surface area contributed by atoms with E-state index in [4.69, 9.17) is 9.72 Å². The van der Waals surface area contributed by atoms with Crippen molar-refractivity contribution in [3.63, 3.8) is 0 Å². The van der Waals surface area contributed by atoms with Crippen LogP contribution in [0, 0.1) is 0 Å². The molecule has 0 bridgehead atoms. The lowest BCUT2D eigenvalue weighted by Gasteiger charge is -2.14. The zero-order valence-corrected chi connectivity index (χ0v) is 13.9. The van der Waals surface area contributed by atoms with Crippen molar-refractivity contribution in [3.05, 3.63) is 65.8 Å². The van der Waals surface area contributed by atoms with E-state index < -0.39 is 0 Å². The number of para-hydroxylation sites is 2. The van der Waals surface area contributed by atoms with Gasteiger partial charge in [0.05, 0.1) is 0 Å². The molecule has 3 heteroatoms. The fourth-order valence-electron chi connectivity index (χ4n) is 2.46. The van der Waals surface area contributed by atoms with Crippen LogP contribution >= 0.6 is 0 Å². The van der Waals surface area contributed by atoms with Crippen LogP contribution in [-0.2, 0) is 10.9 Å². The third kappa shape index (κ3) is 3.20. The summed E-state index contributed by atoms with van der Waals surface area (Å²) in [7, 11) is 0.215. The standard InChI is InChI=1S/C19H19NOS/c1-14(13-22(2)3)21-19-11-7-5-9-16(19)18-12-15-8-4-6-10-17(15)20-18/h4-13H,1-3H3/b14-13-. The first-order valence-electron chi connectivity index (χ1n) is 7.18. The zero-order chi connectivity index (χ0) is 15.5. The molecule has 0 aliphatic rings. The Bertz CT molecular complexity index is 784. The maximum absolute atomic E-state index is 6.03. The van der Waals surface area contributed by atoms with Gasteiger partial charge in [-0.2, -0.15) is 0 Å². The summed E-state index contributed by atoms with van der Waals surface area (Å²) in [6.45, 7) is 2.00. The van der Waals surface area contributed by atoms with E-state index in [9.17, 15) is 0 Å². The van der Waals surface area contributed by atoms with Gasteiger partial charge in [-0.25, -0.2) is 0 Å². The summed E-state index contributed by atoms with van der Waals surface area (Å²) in [5, 5.41) is 3.30. The average Bonchev–Trinajstić information content (AvgIpc) is 2.90. The van der Waals surface area contributed by atoms with Gasteiger partial charge in [0.15, 0.2) is 5.41 Å². The van der Waals surface area contributed by atoms with Crippen molar-refractivity contribution in [3.8, 4) is 17.0 Å². The largest absolute Gasteiger partial charge is 0.657 e. The van der Waals surface area contributed by atoms with E-state index in [2.05, 4.69) is 36.1 Å². The molecule has 0 atom stereocenters. The molecule has 0 amide bonds. The van der Waals surface area contributed by atoms with Gasteiger partial charge in [0.25, 0.3) is 0 Å². The van der Waals surface area contributed by atoms with Crippen LogP contribution in [0.15, 0.2) is 65.8 Å². The van der Waals surface area contributed by atoms with Crippen LogP contribution in [0.5, 0.6) is 5.75 Å². The maximum atomic E-state index is 6.03. The number of fused-ring (bicyclic) bond motifs is 1. The topological polar surface area (TPSA) is 23.3 Å². The van der Waals surface area contributed by atoms with Crippen molar-refractivity contribution in [2.24, 2.45) is 0 Å². The van der Waals surface area contributed by atoms with Gasteiger partial charge < -0.3 is 9.72 Å². The Kier molecular flexibility index (Phi) is 4.25. The monoisotopic (exact) mass is 309 g/mol. The summed E-state index contributed by atoms with van der Waals surface area (Å²) in [6.07, 6.45) is 4.34. The molecule has 22 heavy (non-hydrogen) atoms. The maximum Gasteiger partial charge on any atom is 0.156 e. The normalized spacial score (nSPS) is 12.1. The van der Waals surface area contributed by atoms with Crippen LogP contribution in [0.4, 0.5) is 0 Å². The lowest BCUT2D eigenvalue weighted by atomic mass is 10.1. The van der Waals surface area contributed by atoms with Crippen molar-refractivity contribution >= 4 is 21.8 Å². The molecule has 2 aromatic carbocycles. The molecule has 2 nitrogen and oxygen atoms in total. The van der Waals surface area contributed by atoms with E-state index in [-0.39, 0.29) is 10.9 Å². The third-order valence-electron chi connectivity index (χ3n) is 3.31. The summed E-state index contributed by atoms with van der Waals surface area (Å²) in [5.74, 6) is 1.78. The van der Waals surface area contributed by atoms with Crippen molar-refractivity contribution in [2.75, 3.05) is 12.5 Å². The number of benzene rings is 2. The highest BCUT2D eigenvalue weighted by molar-refractivity contribution is 7.98. The van der Waals surface area contributed by atoms with Gasteiger partial charge in [-0.05, 0) is 18.4 Å². The minimum Gasteiger partial charge on any atom is -0.657 e. The highest BCUT2D eigenvalue weighted by Crippen LogP contribution is 2.32. The first kappa shape index (κ1) is 14.8. The minimum atomic E-state index is 0.215. The van der Waals surface area contributed by atoms with Crippen molar-refractivity contribution in [1.82, 2.24) is 4.98 Å². The fourth-order valence-corrected chi connectivity index (χ4v) is 3.17. The molecule has 0 aliphatic carbocycles. The van der Waals surface area contributed by atoms with E-state index in [1.807, 2.05) is 43.3 Å². The van der Waals surface area contributed by atoms with Crippen LogP contribution in [0.2, 0.25) is 0 Å². The molecule has 112 valence electrons. The predicted molar refractivity (Wildman–Crippen MR) is 96.3 cm³/mol. The predicted octanol–water partition coefficient (Wildman–Crippen LogP) is 4.58. The van der Waals surface area contributed by atoms with E-state index in [0.29, 0.717) is 0 Å². The number of ether oxygens (including phenoxy) is 1. The Balaban J connectivity index is 2.00. The molecule has 1 heterocycles. The van der Waals surface area contributed by atoms with Crippen LogP contribution in [0.1, 0.15) is 6.92 Å². The summed E-state index contributed by atoms with van der Waals surface area (Å²) >= 11 is 0. The zero-order valence-electron chi connectivity index (χ0n) is 13.0. The number of hydrogen-bond acceptors (Lipinski definition) is 1. The van der Waals surface area contributed by atoms with Gasteiger partial charge in [-0.3, -0.25) is 0 Å². The van der Waals surface area contributed by atoms with Crippen LogP contribution in [0.25, 0.3) is 22.2 Å². The molecule has 0 aliphatic heterocycles. The smallest absolute Gasteiger partial charge is 0.156 e. The van der Waals surface area contributed by atoms with Crippen LogP contribution in [-0.4, -0.2) is 12.5 Å². The first-order valence-corrected chi connectivity index (χ1v) is 9.28. The SMILES string of the molecule is C/C(=C/[S+](C)C)Oc1ccccc1-c1cc2ccccc2[n-]1. The van der Waals surface area contributed by atoms with E-state index >= 15 is 0 Å². The second kappa shape index (κ2) is 6.32. The Hall–Kier alpha value is -2.13. The number of aromatic nitrogens is 1. The third-order valence-corrected chi connectivity index (χ3v) is 4.11. The molecule has 3 aromatic rings. The Morgan fingerprint density at radius 1 is 1.05 bits per heavy atom. The Labute approximate surface area is 134 Å². The molecule has 0 saturated heterocycles. The van der Waals surface area contributed by atoms with Crippen molar-refractivity contribution < 1.29 is 4.74 Å². The number of allylic oxidation sites excluding steroid dienone is 1. The number of rotatable bonds is 4. The summed E-state index contributed by atoms with van der Waals surface area (Å²) in [4.78, 5) is 4.71. The molecule has 0 fully saturated rings. The highest BCUT2D eigenvalue weighted by Gasteiger charge is 2.06. The summed E-state index contributed by atoms with van der Waals surface area (Å²) in [5.41, 5.74) is 3.00.